The van der Waals surface area contributed by atoms with Crippen LogP contribution in [0.4, 0.5) is 5.69 Å². The summed E-state index contributed by atoms with van der Waals surface area (Å²) in [7, 11) is 0. The highest BCUT2D eigenvalue weighted by molar-refractivity contribution is 7.08. The summed E-state index contributed by atoms with van der Waals surface area (Å²) in [4.78, 5) is 25.1. The van der Waals surface area contributed by atoms with Crippen molar-refractivity contribution in [3.63, 3.8) is 0 Å². The molecule has 0 saturated heterocycles. The zero-order valence-electron chi connectivity index (χ0n) is 12.0. The Balaban J connectivity index is 2.37. The third-order valence-corrected chi connectivity index (χ3v) is 4.15. The fourth-order valence-corrected chi connectivity index (χ4v) is 2.95. The molecule has 1 aromatic carbocycles. The first-order valence-electron chi connectivity index (χ1n) is 6.62. The number of carbonyl (C=O) groups is 2. The van der Waals surface area contributed by atoms with Crippen molar-refractivity contribution in [2.75, 3.05) is 11.4 Å². The van der Waals surface area contributed by atoms with Crippen LogP contribution in [0.2, 0.25) is 0 Å². The van der Waals surface area contributed by atoms with Crippen LogP contribution in [0.25, 0.3) is 0 Å². The number of hydrogen-bond acceptors (Lipinski definition) is 3. The Kier molecular flexibility index (Phi) is 4.75. The topological polar surface area (TPSA) is 57.6 Å². The lowest BCUT2D eigenvalue weighted by atomic mass is 10.1. The average molecular weight is 303 g/mol. The Morgan fingerprint density at radius 2 is 1.86 bits per heavy atom. The zero-order valence-corrected chi connectivity index (χ0v) is 12.8. The molecule has 0 bridgehead atoms. The van der Waals surface area contributed by atoms with Crippen LogP contribution in [-0.2, 0) is 4.79 Å². The largest absolute Gasteiger partial charge is 0.481 e. The van der Waals surface area contributed by atoms with Gasteiger partial charge in [0.05, 0.1) is 12.0 Å². The van der Waals surface area contributed by atoms with Crippen molar-refractivity contribution in [1.82, 2.24) is 0 Å². The first-order valence-corrected chi connectivity index (χ1v) is 7.57. The number of nitrogens with zero attached hydrogens (tertiary/aromatic N) is 1. The van der Waals surface area contributed by atoms with E-state index in [0.717, 1.165) is 16.8 Å². The molecule has 110 valence electrons. The second-order valence-electron chi connectivity index (χ2n) is 4.86. The van der Waals surface area contributed by atoms with Gasteiger partial charge in [0.15, 0.2) is 0 Å². The fraction of sp³-hybridized carbons (Fsp3) is 0.250. The molecule has 0 aliphatic rings. The van der Waals surface area contributed by atoms with Crippen LogP contribution in [0.15, 0.2) is 35.0 Å². The van der Waals surface area contributed by atoms with Crippen molar-refractivity contribution >= 4 is 28.9 Å². The summed E-state index contributed by atoms with van der Waals surface area (Å²) in [6.45, 7) is 3.96. The van der Waals surface area contributed by atoms with E-state index < -0.39 is 5.97 Å². The molecule has 0 fully saturated rings. The number of hydrogen-bond donors (Lipinski definition) is 1. The minimum absolute atomic E-state index is 0.0801. The van der Waals surface area contributed by atoms with Crippen molar-refractivity contribution in [2.24, 2.45) is 0 Å². The fourth-order valence-electron chi connectivity index (χ4n) is 2.13. The lowest BCUT2D eigenvalue weighted by Crippen LogP contribution is -2.33. The van der Waals surface area contributed by atoms with Crippen molar-refractivity contribution < 1.29 is 14.7 Å². The predicted molar refractivity (Wildman–Crippen MR) is 84.2 cm³/mol. The number of anilines is 1. The molecule has 0 aliphatic carbocycles. The molecule has 0 aliphatic heterocycles. The molecule has 0 saturated carbocycles. The number of aliphatic carboxylic acids is 1. The van der Waals surface area contributed by atoms with Gasteiger partial charge in [0.1, 0.15) is 0 Å². The van der Waals surface area contributed by atoms with Crippen molar-refractivity contribution in [3.05, 3.63) is 51.7 Å². The van der Waals surface area contributed by atoms with Crippen LogP contribution in [0.3, 0.4) is 0 Å². The van der Waals surface area contributed by atoms with Gasteiger partial charge in [-0.05, 0) is 36.4 Å². The van der Waals surface area contributed by atoms with Crippen molar-refractivity contribution in [2.45, 2.75) is 20.3 Å². The molecule has 1 heterocycles. The van der Waals surface area contributed by atoms with Crippen LogP contribution < -0.4 is 4.90 Å². The maximum atomic E-state index is 12.7. The molecule has 4 nitrogen and oxygen atoms in total. The Labute approximate surface area is 127 Å². The van der Waals surface area contributed by atoms with Gasteiger partial charge in [0, 0.05) is 17.6 Å². The van der Waals surface area contributed by atoms with Crippen molar-refractivity contribution in [3.8, 4) is 0 Å². The van der Waals surface area contributed by atoms with E-state index in [4.69, 9.17) is 5.11 Å². The number of aryl methyl sites for hydroxylation is 2. The standard InChI is InChI=1S/C16H17NO3S/c1-11-5-3-4-6-14(11)17(8-7-15(18)19)16(20)13-10-21-9-12(13)2/h3-6,9-10H,7-8H2,1-2H3,(H,18,19). The summed E-state index contributed by atoms with van der Waals surface area (Å²) in [6, 6.07) is 7.51. The number of amides is 1. The third-order valence-electron chi connectivity index (χ3n) is 3.29. The van der Waals surface area contributed by atoms with E-state index in [1.165, 1.54) is 11.3 Å². The summed E-state index contributed by atoms with van der Waals surface area (Å²) in [5.74, 6) is -1.06. The van der Waals surface area contributed by atoms with E-state index in [0.29, 0.717) is 5.56 Å². The molecule has 0 radical (unpaired) electrons. The molecule has 1 N–H and O–H groups in total. The molecule has 2 aromatic rings. The van der Waals surface area contributed by atoms with Gasteiger partial charge in [-0.25, -0.2) is 0 Å². The first-order chi connectivity index (χ1) is 10.0. The highest BCUT2D eigenvalue weighted by Crippen LogP contribution is 2.24. The van der Waals surface area contributed by atoms with Crippen molar-refractivity contribution in [1.29, 1.82) is 0 Å². The summed E-state index contributed by atoms with van der Waals surface area (Å²) in [5, 5.41) is 12.6. The molecule has 21 heavy (non-hydrogen) atoms. The number of carbonyl (C=O) groups excluding carboxylic acids is 1. The normalized spacial score (nSPS) is 10.4. The smallest absolute Gasteiger partial charge is 0.305 e. The first kappa shape index (κ1) is 15.3. The molecule has 2 rings (SSSR count). The minimum Gasteiger partial charge on any atom is -0.481 e. The molecule has 0 unspecified atom stereocenters. The second-order valence-corrected chi connectivity index (χ2v) is 5.60. The molecule has 0 spiro atoms. The van der Waals surface area contributed by atoms with Gasteiger partial charge in [-0.15, -0.1) is 0 Å². The molecular weight excluding hydrogens is 286 g/mol. The quantitative estimate of drug-likeness (QED) is 0.920. The second kappa shape index (κ2) is 6.54. The van der Waals surface area contributed by atoms with Gasteiger partial charge in [-0.2, -0.15) is 11.3 Å². The van der Waals surface area contributed by atoms with E-state index in [9.17, 15) is 9.59 Å². The van der Waals surface area contributed by atoms with Crippen LogP contribution >= 0.6 is 11.3 Å². The van der Waals surface area contributed by atoms with E-state index in [-0.39, 0.29) is 18.9 Å². The highest BCUT2D eigenvalue weighted by Gasteiger charge is 2.21. The molecule has 0 atom stereocenters. The predicted octanol–water partition coefficient (Wildman–Crippen LogP) is 3.49. The summed E-state index contributed by atoms with van der Waals surface area (Å²) in [5.41, 5.74) is 3.26. The summed E-state index contributed by atoms with van der Waals surface area (Å²) in [6.07, 6.45) is -0.0801. The van der Waals surface area contributed by atoms with Crippen LogP contribution in [0, 0.1) is 13.8 Å². The molecule has 1 amide bonds. The Morgan fingerprint density at radius 3 is 2.43 bits per heavy atom. The van der Waals surface area contributed by atoms with Crippen LogP contribution in [0.1, 0.15) is 27.9 Å². The number of para-hydroxylation sites is 1. The summed E-state index contributed by atoms with van der Waals surface area (Å²) < 4.78 is 0. The summed E-state index contributed by atoms with van der Waals surface area (Å²) >= 11 is 1.47. The van der Waals surface area contributed by atoms with Gasteiger partial charge in [0.25, 0.3) is 5.91 Å². The molecule has 1 aromatic heterocycles. The SMILES string of the molecule is Cc1cscc1C(=O)N(CCC(=O)O)c1ccccc1C. The maximum Gasteiger partial charge on any atom is 0.305 e. The number of carboxylic acids is 1. The Hall–Kier alpha value is -2.14. The highest BCUT2D eigenvalue weighted by atomic mass is 32.1. The van der Waals surface area contributed by atoms with E-state index in [2.05, 4.69) is 0 Å². The lowest BCUT2D eigenvalue weighted by molar-refractivity contribution is -0.136. The minimum atomic E-state index is -0.913. The Morgan fingerprint density at radius 1 is 1.14 bits per heavy atom. The molecule has 5 heteroatoms. The lowest BCUT2D eigenvalue weighted by Gasteiger charge is -2.24. The van der Waals surface area contributed by atoms with Gasteiger partial charge in [-0.1, -0.05) is 18.2 Å². The number of benzene rings is 1. The van der Waals surface area contributed by atoms with Crippen LogP contribution in [-0.4, -0.2) is 23.5 Å². The van der Waals surface area contributed by atoms with Gasteiger partial charge < -0.3 is 10.0 Å². The monoisotopic (exact) mass is 303 g/mol. The average Bonchev–Trinajstić information content (AvgIpc) is 2.86. The number of thiophene rings is 1. The number of carboxylic acid groups (broad SMARTS) is 1. The van der Waals surface area contributed by atoms with Gasteiger partial charge in [-0.3, -0.25) is 9.59 Å². The van der Waals surface area contributed by atoms with Gasteiger partial charge in [0.2, 0.25) is 0 Å². The third kappa shape index (κ3) is 3.49. The van der Waals surface area contributed by atoms with E-state index >= 15 is 0 Å². The van der Waals surface area contributed by atoms with Gasteiger partial charge >= 0.3 is 5.97 Å². The van der Waals surface area contributed by atoms with E-state index in [1.807, 2.05) is 48.9 Å². The molecular formula is C16H17NO3S. The zero-order chi connectivity index (χ0) is 15.4. The maximum absolute atomic E-state index is 12.7. The van der Waals surface area contributed by atoms with Crippen LogP contribution in [0.5, 0.6) is 0 Å². The Bertz CT molecular complexity index is 663. The number of rotatable bonds is 5. The van der Waals surface area contributed by atoms with E-state index in [1.54, 1.807) is 4.90 Å².